The van der Waals surface area contributed by atoms with Crippen molar-refractivity contribution in [3.8, 4) is 5.69 Å². The number of hydrogen-bond acceptors (Lipinski definition) is 5. The molecule has 2 heterocycles. The van der Waals surface area contributed by atoms with Crippen LogP contribution in [0, 0.1) is 5.82 Å². The molecule has 0 unspecified atom stereocenters. The number of anilines is 1. The third-order valence-electron chi connectivity index (χ3n) is 3.67. The van der Waals surface area contributed by atoms with Gasteiger partial charge in [-0.2, -0.15) is 5.10 Å². The maximum Gasteiger partial charge on any atom is 0.288 e. The van der Waals surface area contributed by atoms with Crippen molar-refractivity contribution in [2.45, 2.75) is 0 Å². The second-order valence-corrected chi connectivity index (χ2v) is 5.78. The zero-order valence-electron chi connectivity index (χ0n) is 13.8. The van der Waals surface area contributed by atoms with E-state index in [0.29, 0.717) is 5.69 Å². The summed E-state index contributed by atoms with van der Waals surface area (Å²) in [6.45, 7) is 0. The Morgan fingerprint density at radius 3 is 2.65 bits per heavy atom. The fraction of sp³-hybridized carbons (Fsp3) is 0.125. The highest BCUT2D eigenvalue weighted by atomic mass is 35.5. The van der Waals surface area contributed by atoms with E-state index in [4.69, 9.17) is 11.6 Å². The summed E-state index contributed by atoms with van der Waals surface area (Å²) < 4.78 is 15.7. The van der Waals surface area contributed by atoms with E-state index >= 15 is 0 Å². The Morgan fingerprint density at radius 2 is 1.96 bits per heavy atom. The first-order chi connectivity index (χ1) is 12.4. The van der Waals surface area contributed by atoms with Crippen LogP contribution in [0.3, 0.4) is 0 Å². The van der Waals surface area contributed by atoms with Crippen LogP contribution in [0.15, 0.2) is 47.8 Å². The Morgan fingerprint density at radius 1 is 1.27 bits per heavy atom. The van der Waals surface area contributed by atoms with Crippen LogP contribution in [0.5, 0.6) is 0 Å². The summed E-state index contributed by atoms with van der Waals surface area (Å²) in [6, 6.07) is 5.63. The average molecular weight is 377 g/mol. The molecule has 3 rings (SSSR count). The summed E-state index contributed by atoms with van der Waals surface area (Å²) in [6.07, 6.45) is 4.17. The number of rotatable bonds is 4. The van der Waals surface area contributed by atoms with Crippen molar-refractivity contribution in [2.75, 3.05) is 12.1 Å². The average Bonchev–Trinajstić information content (AvgIpc) is 3.10. The van der Waals surface area contributed by atoms with Gasteiger partial charge in [0.25, 0.3) is 11.5 Å². The van der Waals surface area contributed by atoms with Gasteiger partial charge in [-0.05, 0) is 24.3 Å². The molecule has 0 fully saturated rings. The largest absolute Gasteiger partial charge is 0.295 e. The molecule has 0 aliphatic heterocycles. The number of hydrogen-bond donors (Lipinski definition) is 1. The van der Waals surface area contributed by atoms with Crippen molar-refractivity contribution in [2.24, 2.45) is 7.05 Å². The molecule has 0 saturated carbocycles. The third-order valence-corrected chi connectivity index (χ3v) is 4.02. The molecule has 0 radical (unpaired) electrons. The minimum atomic E-state index is -0.494. The number of benzene rings is 1. The maximum atomic E-state index is 13.1. The van der Waals surface area contributed by atoms with Gasteiger partial charge in [0.2, 0.25) is 0 Å². The number of nitrogens with one attached hydrogen (secondary N) is 1. The van der Waals surface area contributed by atoms with Crippen molar-refractivity contribution in [3.63, 3.8) is 0 Å². The van der Waals surface area contributed by atoms with Crippen molar-refractivity contribution >= 4 is 23.2 Å². The molecule has 10 heteroatoms. The zero-order chi connectivity index (χ0) is 18.8. The minimum Gasteiger partial charge on any atom is -0.295 e. The van der Waals surface area contributed by atoms with Gasteiger partial charge in [0, 0.05) is 19.8 Å². The van der Waals surface area contributed by atoms with Gasteiger partial charge in [-0.25, -0.2) is 14.1 Å². The third kappa shape index (κ3) is 3.29. The molecule has 0 spiro atoms. The topological polar surface area (TPSA) is 85.1 Å². The first-order valence-electron chi connectivity index (χ1n) is 7.43. The highest BCUT2D eigenvalue weighted by molar-refractivity contribution is 6.33. The predicted molar refractivity (Wildman–Crippen MR) is 93.9 cm³/mol. The van der Waals surface area contributed by atoms with Gasteiger partial charge in [-0.3, -0.25) is 24.6 Å². The Balaban J connectivity index is 1.85. The second-order valence-electron chi connectivity index (χ2n) is 5.40. The lowest BCUT2D eigenvalue weighted by Crippen LogP contribution is -2.41. The normalized spacial score (nSPS) is 10.6. The summed E-state index contributed by atoms with van der Waals surface area (Å²) in [7, 11) is 3.00. The van der Waals surface area contributed by atoms with Crippen LogP contribution >= 0.6 is 11.6 Å². The van der Waals surface area contributed by atoms with E-state index in [1.807, 2.05) is 0 Å². The molecule has 0 aliphatic rings. The lowest BCUT2D eigenvalue weighted by atomic mass is 10.3. The highest BCUT2D eigenvalue weighted by Gasteiger charge is 2.18. The van der Waals surface area contributed by atoms with Crippen molar-refractivity contribution in [3.05, 3.63) is 69.9 Å². The van der Waals surface area contributed by atoms with Crippen LogP contribution in [0.4, 0.5) is 10.1 Å². The van der Waals surface area contributed by atoms with Crippen LogP contribution in [0.1, 0.15) is 10.5 Å². The fourth-order valence-electron chi connectivity index (χ4n) is 2.28. The summed E-state index contributed by atoms with van der Waals surface area (Å²) >= 11 is 6.02. The first kappa shape index (κ1) is 17.6. The number of amides is 1. The van der Waals surface area contributed by atoms with Gasteiger partial charge in [-0.15, -0.1) is 0 Å². The number of aryl methyl sites for hydroxylation is 1. The maximum absolute atomic E-state index is 13.1. The van der Waals surface area contributed by atoms with Crippen LogP contribution in [-0.2, 0) is 7.05 Å². The van der Waals surface area contributed by atoms with Gasteiger partial charge in [-0.1, -0.05) is 11.6 Å². The second kappa shape index (κ2) is 6.96. The highest BCUT2D eigenvalue weighted by Crippen LogP contribution is 2.18. The molecule has 134 valence electrons. The van der Waals surface area contributed by atoms with Crippen LogP contribution in [0.25, 0.3) is 5.69 Å². The Labute approximate surface area is 152 Å². The van der Waals surface area contributed by atoms with Crippen molar-refractivity contribution in [1.29, 1.82) is 0 Å². The van der Waals surface area contributed by atoms with Gasteiger partial charge in [0.1, 0.15) is 22.2 Å². The van der Waals surface area contributed by atoms with Gasteiger partial charge in [0.05, 0.1) is 18.7 Å². The molecule has 2 aromatic heterocycles. The standard InChI is InChI=1S/C16H14ClFN6O2/c1-22(12-8-20-23(2)16(26)14(12)17)21-15(25)13-7-19-9-24(13)11-5-3-10(18)4-6-11/h3-9H,1-2H3,(H,21,25). The molecule has 0 bridgehead atoms. The molecule has 0 saturated heterocycles. The first-order valence-corrected chi connectivity index (χ1v) is 7.81. The molecule has 0 atom stereocenters. The zero-order valence-corrected chi connectivity index (χ0v) is 14.6. The van der Waals surface area contributed by atoms with E-state index in [-0.39, 0.29) is 22.2 Å². The van der Waals surface area contributed by atoms with Crippen molar-refractivity contribution in [1.82, 2.24) is 24.8 Å². The van der Waals surface area contributed by atoms with Gasteiger partial charge in [0.15, 0.2) is 0 Å². The Hall–Kier alpha value is -3.20. The predicted octanol–water partition coefficient (Wildman–Crippen LogP) is 1.54. The number of nitrogens with zero attached hydrogens (tertiary/aromatic N) is 5. The number of carbonyl (C=O) groups excluding carboxylic acids is 1. The fourth-order valence-corrected chi connectivity index (χ4v) is 2.57. The lowest BCUT2D eigenvalue weighted by molar-refractivity contribution is 0.0944. The molecule has 26 heavy (non-hydrogen) atoms. The summed E-state index contributed by atoms with van der Waals surface area (Å²) in [5.41, 5.74) is 3.15. The number of halogens is 2. The van der Waals surface area contributed by atoms with E-state index < -0.39 is 11.5 Å². The van der Waals surface area contributed by atoms with E-state index in [2.05, 4.69) is 15.5 Å². The Bertz CT molecular complexity index is 1010. The van der Waals surface area contributed by atoms with Crippen molar-refractivity contribution < 1.29 is 9.18 Å². The molecule has 1 amide bonds. The minimum absolute atomic E-state index is 0.0719. The molecule has 3 aromatic rings. The lowest BCUT2D eigenvalue weighted by Gasteiger charge is -2.21. The van der Waals surface area contributed by atoms with Crippen LogP contribution in [-0.4, -0.2) is 32.3 Å². The summed E-state index contributed by atoms with van der Waals surface area (Å²) in [4.78, 5) is 28.4. The number of aromatic nitrogens is 4. The van der Waals surface area contributed by atoms with E-state index in [1.165, 1.54) is 66.7 Å². The summed E-state index contributed by atoms with van der Waals surface area (Å²) in [5.74, 6) is -0.876. The molecule has 8 nitrogen and oxygen atoms in total. The van der Waals surface area contributed by atoms with Gasteiger partial charge >= 0.3 is 0 Å². The van der Waals surface area contributed by atoms with E-state index in [9.17, 15) is 14.0 Å². The van der Waals surface area contributed by atoms with Crippen LogP contribution in [0.2, 0.25) is 5.02 Å². The Kier molecular flexibility index (Phi) is 4.72. The smallest absolute Gasteiger partial charge is 0.288 e. The quantitative estimate of drug-likeness (QED) is 0.698. The van der Waals surface area contributed by atoms with E-state index in [0.717, 1.165) is 4.68 Å². The van der Waals surface area contributed by atoms with E-state index in [1.54, 1.807) is 0 Å². The monoisotopic (exact) mass is 376 g/mol. The molecule has 0 aliphatic carbocycles. The molecular formula is C16H14ClFN6O2. The van der Waals surface area contributed by atoms with Crippen LogP contribution < -0.4 is 16.0 Å². The van der Waals surface area contributed by atoms with Gasteiger partial charge < -0.3 is 0 Å². The molecule has 1 aromatic carbocycles. The molecule has 1 N–H and O–H groups in total. The number of imidazole rings is 1. The number of carbonyl (C=O) groups is 1. The SMILES string of the molecule is CN(NC(=O)c1cncn1-c1ccc(F)cc1)c1cnn(C)c(=O)c1Cl. The molecular weight excluding hydrogens is 363 g/mol. The summed E-state index contributed by atoms with van der Waals surface area (Å²) in [5, 5.41) is 5.10. The number of hydrazine groups is 1.